The van der Waals surface area contributed by atoms with Gasteiger partial charge in [0, 0.05) is 23.7 Å². The van der Waals surface area contributed by atoms with Crippen LogP contribution in [0.1, 0.15) is 18.5 Å². The summed E-state index contributed by atoms with van der Waals surface area (Å²) >= 11 is 0. The molecule has 2 atom stereocenters. The van der Waals surface area contributed by atoms with Crippen molar-refractivity contribution in [2.75, 3.05) is 7.05 Å². The molecule has 0 spiro atoms. The van der Waals surface area contributed by atoms with Crippen LogP contribution in [0.5, 0.6) is 0 Å². The number of aromatic nitrogens is 1. The van der Waals surface area contributed by atoms with Crippen molar-refractivity contribution in [2.24, 2.45) is 0 Å². The van der Waals surface area contributed by atoms with Crippen LogP contribution in [0.25, 0.3) is 10.9 Å². The van der Waals surface area contributed by atoms with Crippen molar-refractivity contribution in [1.82, 2.24) is 9.88 Å². The lowest BCUT2D eigenvalue weighted by Crippen LogP contribution is -2.38. The average molecular weight is 236 g/mol. The molecule has 90 valence electrons. The summed E-state index contributed by atoms with van der Waals surface area (Å²) in [5.41, 5.74) is 1.71. The summed E-state index contributed by atoms with van der Waals surface area (Å²) in [4.78, 5) is 0. The largest absolute Gasteiger partial charge is 0.343 e. The first kappa shape index (κ1) is 10.7. The van der Waals surface area contributed by atoms with Crippen molar-refractivity contribution in [2.45, 2.75) is 25.4 Å². The molecular formula is C13H14F2N2. The van der Waals surface area contributed by atoms with Gasteiger partial charge in [0.15, 0.2) is 11.6 Å². The van der Waals surface area contributed by atoms with E-state index in [4.69, 9.17) is 0 Å². The van der Waals surface area contributed by atoms with Gasteiger partial charge in [-0.2, -0.15) is 0 Å². The summed E-state index contributed by atoms with van der Waals surface area (Å²) in [5, 5.41) is 3.61. The number of halogens is 2. The molecule has 1 aliphatic rings. The summed E-state index contributed by atoms with van der Waals surface area (Å²) in [6.45, 7) is 2.09. The quantitative estimate of drug-likeness (QED) is 0.805. The third kappa shape index (κ3) is 1.33. The molecule has 4 heteroatoms. The number of rotatable bonds is 1. The first-order chi connectivity index (χ1) is 8.13. The third-order valence-electron chi connectivity index (χ3n) is 3.80. The van der Waals surface area contributed by atoms with Gasteiger partial charge in [0.1, 0.15) is 0 Å². The number of hydrogen-bond acceptors (Lipinski definition) is 1. The lowest BCUT2D eigenvalue weighted by molar-refractivity contribution is 0.381. The molecule has 1 N–H and O–H groups in total. The van der Waals surface area contributed by atoms with Gasteiger partial charge < -0.3 is 9.88 Å². The van der Waals surface area contributed by atoms with Gasteiger partial charge in [0.05, 0.1) is 5.52 Å². The molecule has 0 saturated heterocycles. The maximum absolute atomic E-state index is 13.7. The van der Waals surface area contributed by atoms with E-state index in [0.717, 1.165) is 17.5 Å². The third-order valence-corrected chi connectivity index (χ3v) is 3.80. The maximum atomic E-state index is 13.7. The topological polar surface area (TPSA) is 17.0 Å². The molecule has 17 heavy (non-hydrogen) atoms. The second kappa shape index (κ2) is 3.53. The molecule has 1 aliphatic heterocycles. The number of benzene rings is 1. The van der Waals surface area contributed by atoms with Crippen molar-refractivity contribution in [3.8, 4) is 0 Å². The van der Waals surface area contributed by atoms with Crippen LogP contribution in [-0.4, -0.2) is 17.7 Å². The maximum Gasteiger partial charge on any atom is 0.168 e. The molecule has 0 aliphatic carbocycles. The molecule has 0 saturated carbocycles. The van der Waals surface area contributed by atoms with Crippen LogP contribution in [0, 0.1) is 11.6 Å². The van der Waals surface area contributed by atoms with Gasteiger partial charge in [-0.3, -0.25) is 0 Å². The van der Waals surface area contributed by atoms with Gasteiger partial charge >= 0.3 is 0 Å². The second-order valence-electron chi connectivity index (χ2n) is 4.66. The minimum absolute atomic E-state index is 0.245. The molecule has 0 radical (unpaired) electrons. The van der Waals surface area contributed by atoms with Crippen molar-refractivity contribution in [3.05, 3.63) is 35.5 Å². The van der Waals surface area contributed by atoms with Crippen LogP contribution in [-0.2, 0) is 6.42 Å². The fourth-order valence-electron chi connectivity index (χ4n) is 2.82. The van der Waals surface area contributed by atoms with E-state index < -0.39 is 11.6 Å². The summed E-state index contributed by atoms with van der Waals surface area (Å²) in [6.07, 6.45) is 2.57. The summed E-state index contributed by atoms with van der Waals surface area (Å²) in [6, 6.07) is 3.48. The highest BCUT2D eigenvalue weighted by Crippen LogP contribution is 2.34. The highest BCUT2D eigenvalue weighted by atomic mass is 19.2. The summed E-state index contributed by atoms with van der Waals surface area (Å²) in [5.74, 6) is -1.49. The Kier molecular flexibility index (Phi) is 2.23. The van der Waals surface area contributed by atoms with Gasteiger partial charge in [-0.15, -0.1) is 0 Å². The van der Waals surface area contributed by atoms with E-state index >= 15 is 0 Å². The van der Waals surface area contributed by atoms with E-state index in [1.807, 2.05) is 17.8 Å². The monoisotopic (exact) mass is 236 g/mol. The molecule has 2 heterocycles. The van der Waals surface area contributed by atoms with E-state index in [1.54, 1.807) is 6.07 Å². The molecule has 2 aromatic rings. The Morgan fingerprint density at radius 2 is 2.18 bits per heavy atom. The number of nitrogens with one attached hydrogen (secondary N) is 1. The summed E-state index contributed by atoms with van der Waals surface area (Å²) in [7, 11) is 1.90. The van der Waals surface area contributed by atoms with Crippen molar-refractivity contribution < 1.29 is 8.78 Å². The Labute approximate surface area is 98.2 Å². The Hall–Kier alpha value is -1.42. The minimum atomic E-state index is -0.755. The van der Waals surface area contributed by atoms with Crippen LogP contribution in [0.3, 0.4) is 0 Å². The lowest BCUT2D eigenvalue weighted by Gasteiger charge is -2.31. The first-order valence-electron chi connectivity index (χ1n) is 5.78. The van der Waals surface area contributed by atoms with Crippen LogP contribution < -0.4 is 5.32 Å². The predicted molar refractivity (Wildman–Crippen MR) is 63.1 cm³/mol. The second-order valence-corrected chi connectivity index (χ2v) is 4.66. The number of hydrogen-bond donors (Lipinski definition) is 1. The smallest absolute Gasteiger partial charge is 0.168 e. The normalized spacial score (nSPS) is 23.3. The standard InChI is InChI=1S/C13H14F2N2/c1-7-11(16-2)6-8-5-10(14)12(15)9-3-4-17(7)13(8)9/h3-5,7,11,16H,6H2,1-2H3/t7-,11?/m0/s1. The lowest BCUT2D eigenvalue weighted by atomic mass is 9.94. The van der Waals surface area contributed by atoms with Crippen molar-refractivity contribution in [3.63, 3.8) is 0 Å². The highest BCUT2D eigenvalue weighted by Gasteiger charge is 2.28. The van der Waals surface area contributed by atoms with Crippen molar-refractivity contribution in [1.29, 1.82) is 0 Å². The number of likely N-dealkylation sites (N-methyl/N-ethyl adjacent to an activating group) is 1. The van der Waals surface area contributed by atoms with Crippen LogP contribution >= 0.6 is 0 Å². The van der Waals surface area contributed by atoms with Gasteiger partial charge in [0.2, 0.25) is 0 Å². The van der Waals surface area contributed by atoms with Crippen molar-refractivity contribution >= 4 is 10.9 Å². The Morgan fingerprint density at radius 3 is 2.88 bits per heavy atom. The van der Waals surface area contributed by atoms with Gasteiger partial charge in [-0.1, -0.05) is 0 Å². The molecule has 2 nitrogen and oxygen atoms in total. The predicted octanol–water partition coefficient (Wildman–Crippen LogP) is 2.62. The van der Waals surface area contributed by atoms with E-state index in [2.05, 4.69) is 12.2 Å². The van der Waals surface area contributed by atoms with E-state index in [0.29, 0.717) is 5.39 Å². The van der Waals surface area contributed by atoms with E-state index in [1.165, 1.54) is 6.07 Å². The molecule has 0 amide bonds. The molecule has 1 unspecified atom stereocenters. The molecule has 0 bridgehead atoms. The van der Waals surface area contributed by atoms with Crippen LogP contribution in [0.2, 0.25) is 0 Å². The SMILES string of the molecule is CNC1Cc2cc(F)c(F)c3ccn(c23)[C@H]1C. The fraction of sp³-hybridized carbons (Fsp3) is 0.385. The molecule has 3 rings (SSSR count). The highest BCUT2D eigenvalue weighted by molar-refractivity contribution is 5.85. The fourth-order valence-corrected chi connectivity index (χ4v) is 2.82. The van der Waals surface area contributed by atoms with Gasteiger partial charge in [-0.25, -0.2) is 8.78 Å². The zero-order valence-electron chi connectivity index (χ0n) is 9.80. The van der Waals surface area contributed by atoms with Gasteiger partial charge in [-0.05, 0) is 38.1 Å². The van der Waals surface area contributed by atoms with Crippen LogP contribution in [0.4, 0.5) is 8.78 Å². The zero-order valence-corrected chi connectivity index (χ0v) is 9.80. The number of nitrogens with zero attached hydrogens (tertiary/aromatic N) is 1. The van der Waals surface area contributed by atoms with E-state index in [-0.39, 0.29) is 12.1 Å². The Balaban J connectivity index is 2.32. The molecule has 1 aromatic carbocycles. The molecule has 1 aromatic heterocycles. The molecular weight excluding hydrogens is 222 g/mol. The summed E-state index contributed by atoms with van der Waals surface area (Å²) < 4.78 is 29.1. The Morgan fingerprint density at radius 1 is 1.41 bits per heavy atom. The van der Waals surface area contributed by atoms with Crippen LogP contribution in [0.15, 0.2) is 18.3 Å². The molecule has 0 fully saturated rings. The van der Waals surface area contributed by atoms with E-state index in [9.17, 15) is 8.78 Å². The average Bonchev–Trinajstić information content (AvgIpc) is 2.76. The minimum Gasteiger partial charge on any atom is -0.343 e. The first-order valence-corrected chi connectivity index (χ1v) is 5.78. The van der Waals surface area contributed by atoms with Gasteiger partial charge in [0.25, 0.3) is 0 Å². The zero-order chi connectivity index (χ0) is 12.2. The Bertz CT molecular complexity index is 589.